The lowest BCUT2D eigenvalue weighted by atomic mass is 9.78. The number of amides is 1. The van der Waals surface area contributed by atoms with Crippen LogP contribution in [-0.4, -0.2) is 87.7 Å². The van der Waals surface area contributed by atoms with Crippen LogP contribution in [0.15, 0.2) is 36.5 Å². The molecule has 1 N–H and O–H groups in total. The zero-order valence-electron chi connectivity index (χ0n) is 24.9. The Kier molecular flexibility index (Phi) is 6.41. The minimum atomic E-state index is -0.200. The van der Waals surface area contributed by atoms with Gasteiger partial charge in [-0.2, -0.15) is 5.10 Å². The van der Waals surface area contributed by atoms with Crippen molar-refractivity contribution >= 4 is 28.6 Å². The number of fused-ring (bicyclic) bond motifs is 9. The molecule has 1 aromatic carbocycles. The fraction of sp³-hybridized carbons (Fsp3) is 0.500. The minimum Gasteiger partial charge on any atom is -0.476 e. The maximum Gasteiger partial charge on any atom is 0.258 e. The monoisotopic (exact) mass is 582 g/mol. The summed E-state index contributed by atoms with van der Waals surface area (Å²) < 4.78 is 16.2. The van der Waals surface area contributed by atoms with E-state index in [9.17, 15) is 4.79 Å². The third kappa shape index (κ3) is 4.65. The number of rotatable bonds is 1. The summed E-state index contributed by atoms with van der Waals surface area (Å²) in [4.78, 5) is 28.8. The lowest BCUT2D eigenvalue weighted by Crippen LogP contribution is -2.45. The van der Waals surface area contributed by atoms with E-state index in [1.54, 1.807) is 10.9 Å². The third-order valence-corrected chi connectivity index (χ3v) is 9.81. The van der Waals surface area contributed by atoms with Crippen molar-refractivity contribution in [3.8, 4) is 17.1 Å². The normalized spacial score (nSPS) is 25.6. The minimum absolute atomic E-state index is 0.189. The summed E-state index contributed by atoms with van der Waals surface area (Å²) in [5, 5.41) is 7.73. The second-order valence-corrected chi connectivity index (χ2v) is 12.6. The number of imidazole rings is 1. The molecule has 3 aromatic heterocycles. The van der Waals surface area contributed by atoms with Gasteiger partial charge >= 0.3 is 0 Å². The molecule has 11 heteroatoms. The van der Waals surface area contributed by atoms with Gasteiger partial charge in [0.1, 0.15) is 6.61 Å². The van der Waals surface area contributed by atoms with E-state index in [2.05, 4.69) is 43.0 Å². The van der Waals surface area contributed by atoms with Gasteiger partial charge < -0.3 is 18.9 Å². The van der Waals surface area contributed by atoms with Gasteiger partial charge in [-0.1, -0.05) is 0 Å². The number of hydrogen-bond acceptors (Lipinski definition) is 8. The average molecular weight is 583 g/mol. The molecule has 4 fully saturated rings. The maximum absolute atomic E-state index is 14.0. The van der Waals surface area contributed by atoms with Crippen molar-refractivity contribution < 1.29 is 14.3 Å². The van der Waals surface area contributed by atoms with Crippen LogP contribution in [0.1, 0.15) is 41.7 Å². The summed E-state index contributed by atoms with van der Waals surface area (Å²) in [6.45, 7) is 8.39. The Balaban J connectivity index is 1.29. The number of carbonyl (C=O) groups excluding carboxylic acids is 1. The number of anilines is 2. The number of morpholine rings is 1. The van der Waals surface area contributed by atoms with E-state index in [1.165, 1.54) is 5.69 Å². The van der Waals surface area contributed by atoms with Gasteiger partial charge in [-0.25, -0.2) is 9.67 Å². The number of aromatic nitrogens is 5. The van der Waals surface area contributed by atoms with E-state index in [0.717, 1.165) is 93.9 Å². The molecular formula is C32H38N8O3. The summed E-state index contributed by atoms with van der Waals surface area (Å²) in [6.07, 6.45) is 6.19. The van der Waals surface area contributed by atoms with E-state index < -0.39 is 0 Å². The van der Waals surface area contributed by atoms with Gasteiger partial charge in [-0.3, -0.25) is 20.0 Å². The van der Waals surface area contributed by atoms with Crippen LogP contribution in [0.4, 0.5) is 11.6 Å². The molecule has 1 atom stereocenters. The van der Waals surface area contributed by atoms with Crippen LogP contribution in [0, 0.1) is 12.8 Å². The first kappa shape index (κ1) is 26.7. The zero-order chi connectivity index (χ0) is 29.1. The smallest absolute Gasteiger partial charge is 0.258 e. The van der Waals surface area contributed by atoms with Crippen LogP contribution in [0.3, 0.4) is 0 Å². The first-order valence-electron chi connectivity index (χ1n) is 15.5. The first-order valence-corrected chi connectivity index (χ1v) is 15.5. The molecule has 7 heterocycles. The van der Waals surface area contributed by atoms with Crippen molar-refractivity contribution in [2.45, 2.75) is 38.1 Å². The van der Waals surface area contributed by atoms with Crippen molar-refractivity contribution in [3.63, 3.8) is 0 Å². The number of benzene rings is 1. The van der Waals surface area contributed by atoms with Crippen molar-refractivity contribution in [2.75, 3.05) is 62.8 Å². The number of nitrogens with zero attached hydrogens (tertiary/aromatic N) is 7. The quantitative estimate of drug-likeness (QED) is 0.362. The molecule has 11 nitrogen and oxygen atoms in total. The number of nitrogens with one attached hydrogen (secondary N) is 1. The lowest BCUT2D eigenvalue weighted by Gasteiger charge is -2.40. The summed E-state index contributed by atoms with van der Waals surface area (Å²) in [5.74, 6) is 1.74. The Hall–Kier alpha value is -3.96. The number of ether oxygens (including phenoxy) is 2. The van der Waals surface area contributed by atoms with Gasteiger partial charge in [-0.15, -0.1) is 0 Å². The number of carbonyl (C=O) groups is 1. The van der Waals surface area contributed by atoms with Gasteiger partial charge in [0.05, 0.1) is 47.2 Å². The molecule has 43 heavy (non-hydrogen) atoms. The van der Waals surface area contributed by atoms with Gasteiger partial charge in [-0.05, 0) is 68.9 Å². The average Bonchev–Trinajstić information content (AvgIpc) is 3.44. The highest BCUT2D eigenvalue weighted by Gasteiger charge is 2.44. The second kappa shape index (κ2) is 10.3. The molecule has 5 bridgehead atoms. The molecule has 224 valence electrons. The summed E-state index contributed by atoms with van der Waals surface area (Å²) in [7, 11) is 1.88. The van der Waals surface area contributed by atoms with Gasteiger partial charge in [0.15, 0.2) is 0 Å². The number of hydrogen-bond donors (Lipinski definition) is 1. The molecule has 1 unspecified atom stereocenters. The van der Waals surface area contributed by atoms with E-state index in [-0.39, 0.29) is 11.4 Å². The fourth-order valence-corrected chi connectivity index (χ4v) is 7.67. The molecular weight excluding hydrogens is 544 g/mol. The topological polar surface area (TPSA) is 103 Å². The van der Waals surface area contributed by atoms with E-state index in [0.29, 0.717) is 35.6 Å². The van der Waals surface area contributed by atoms with E-state index in [1.807, 2.05) is 26.1 Å². The Morgan fingerprint density at radius 3 is 2.70 bits per heavy atom. The standard InChI is InChI=1S/C32H38N8O3/c1-21-15-23-16-27(34-21)25-18-33-37(2)30(25)43-14-9-38-19-22-5-7-32(20-38,8-6-22)40-28-17-24(39-10-12-42-13-11-39)3-4-26(28)35-31(40)36-29(23)41/h3-4,15-18,22H,5-14,19-20H2,1-2H3,(H,35,36,41). The van der Waals surface area contributed by atoms with Gasteiger partial charge in [0.2, 0.25) is 11.8 Å². The predicted molar refractivity (Wildman–Crippen MR) is 164 cm³/mol. The molecule has 1 aliphatic carbocycles. The fourth-order valence-electron chi connectivity index (χ4n) is 7.67. The number of aryl methyl sites for hydroxylation is 2. The third-order valence-electron chi connectivity index (χ3n) is 9.81. The van der Waals surface area contributed by atoms with Crippen molar-refractivity contribution in [2.24, 2.45) is 13.0 Å². The van der Waals surface area contributed by atoms with Crippen LogP contribution in [-0.2, 0) is 17.3 Å². The van der Waals surface area contributed by atoms with E-state index in [4.69, 9.17) is 19.4 Å². The summed E-state index contributed by atoms with van der Waals surface area (Å²) in [5.41, 5.74) is 5.69. The van der Waals surface area contributed by atoms with Crippen molar-refractivity contribution in [1.29, 1.82) is 0 Å². The van der Waals surface area contributed by atoms with Crippen LogP contribution >= 0.6 is 0 Å². The zero-order valence-corrected chi connectivity index (χ0v) is 24.9. The molecule has 9 rings (SSSR count). The first-order chi connectivity index (χ1) is 21.0. The molecule has 3 saturated heterocycles. The maximum atomic E-state index is 14.0. The molecule has 1 spiro atoms. The highest BCUT2D eigenvalue weighted by atomic mass is 16.5. The van der Waals surface area contributed by atoms with Crippen LogP contribution in [0.2, 0.25) is 0 Å². The predicted octanol–water partition coefficient (Wildman–Crippen LogP) is 3.82. The Bertz CT molecular complexity index is 1700. The Morgan fingerprint density at radius 1 is 1.02 bits per heavy atom. The largest absolute Gasteiger partial charge is 0.476 e. The molecule has 1 amide bonds. The molecule has 0 radical (unpaired) electrons. The molecule has 4 aromatic rings. The number of pyridine rings is 1. The molecule has 1 saturated carbocycles. The summed E-state index contributed by atoms with van der Waals surface area (Å²) in [6, 6.07) is 10.2. The Labute approximate surface area is 250 Å². The van der Waals surface area contributed by atoms with Crippen molar-refractivity contribution in [3.05, 3.63) is 47.8 Å². The van der Waals surface area contributed by atoms with Crippen molar-refractivity contribution in [1.82, 2.24) is 29.2 Å². The highest BCUT2D eigenvalue weighted by Crippen LogP contribution is 2.46. The molecule has 4 aliphatic heterocycles. The SMILES string of the molecule is Cc1cc2cc(n1)-c1cnn(C)c1OCCN1CC3CCC(CC3)(C1)n1c(nc3ccc(N4CCOCC4)cc31)NC2=O. The van der Waals surface area contributed by atoms with Gasteiger partial charge in [0, 0.05) is 56.7 Å². The van der Waals surface area contributed by atoms with E-state index >= 15 is 0 Å². The second-order valence-electron chi connectivity index (χ2n) is 12.6. The lowest BCUT2D eigenvalue weighted by molar-refractivity contribution is 0.102. The van der Waals surface area contributed by atoms with Crippen LogP contribution in [0.5, 0.6) is 5.88 Å². The highest BCUT2D eigenvalue weighted by molar-refractivity contribution is 6.05. The van der Waals surface area contributed by atoms with Gasteiger partial charge in [0.25, 0.3) is 5.91 Å². The van der Waals surface area contributed by atoms with Crippen LogP contribution in [0.25, 0.3) is 22.3 Å². The molecule has 5 aliphatic rings. The Morgan fingerprint density at radius 2 is 1.86 bits per heavy atom. The van der Waals surface area contributed by atoms with Crippen LogP contribution < -0.4 is 15.0 Å². The summed E-state index contributed by atoms with van der Waals surface area (Å²) >= 11 is 0.